The van der Waals surface area contributed by atoms with Gasteiger partial charge in [-0.05, 0) is 82.4 Å². The molecule has 2 atom stereocenters. The Morgan fingerprint density at radius 1 is 1.17 bits per heavy atom. The molecule has 0 spiro atoms. The summed E-state index contributed by atoms with van der Waals surface area (Å²) in [6.07, 6.45) is 4.64. The lowest BCUT2D eigenvalue weighted by Gasteiger charge is -2.25. The molecule has 1 aliphatic heterocycles. The van der Waals surface area contributed by atoms with E-state index in [9.17, 15) is 19.5 Å². The number of rotatable bonds is 5. The molecule has 2 saturated carbocycles. The van der Waals surface area contributed by atoms with Crippen molar-refractivity contribution in [2.75, 3.05) is 18.0 Å². The number of anilines is 1. The third kappa shape index (κ3) is 4.48. The van der Waals surface area contributed by atoms with E-state index < -0.39 is 29.0 Å². The number of hydrogen-bond donors (Lipinski definition) is 2. The summed E-state index contributed by atoms with van der Waals surface area (Å²) in [6, 6.07) is 1.29. The molecule has 3 fully saturated rings. The monoisotopic (exact) mass is 485 g/mol. The van der Waals surface area contributed by atoms with Crippen LogP contribution in [0.25, 0.3) is 5.52 Å². The van der Waals surface area contributed by atoms with Crippen LogP contribution < -0.4 is 15.8 Å². The maximum atomic E-state index is 15.6. The van der Waals surface area contributed by atoms with Crippen molar-refractivity contribution in [1.82, 2.24) is 9.72 Å². The van der Waals surface area contributed by atoms with Crippen LogP contribution in [0.1, 0.15) is 73.9 Å². The quantitative estimate of drug-likeness (QED) is 0.663. The predicted octanol–water partition coefficient (Wildman–Crippen LogP) is 4.06. The van der Waals surface area contributed by atoms with Crippen molar-refractivity contribution in [2.45, 2.75) is 70.9 Å². The molecule has 35 heavy (non-hydrogen) atoms. The smallest absolute Gasteiger partial charge is 0.407 e. The highest BCUT2D eigenvalue weighted by Crippen LogP contribution is 2.46. The highest BCUT2D eigenvalue weighted by atomic mass is 19.1. The summed E-state index contributed by atoms with van der Waals surface area (Å²) < 4.78 is 22.2. The van der Waals surface area contributed by atoms with Gasteiger partial charge in [0.25, 0.3) is 5.56 Å². The highest BCUT2D eigenvalue weighted by molar-refractivity contribution is 5.89. The van der Waals surface area contributed by atoms with Crippen molar-refractivity contribution in [3.05, 3.63) is 45.1 Å². The number of amides is 1. The Bertz CT molecular complexity index is 1270. The van der Waals surface area contributed by atoms with E-state index >= 15 is 4.39 Å². The minimum atomic E-state index is -1.31. The standard InChI is InChI=1S/C26H32FN3O5/c1-13-21-16(14-5-6-14)9-17(24(32)33)23(31)30(21)11-19(27)22(13)29-10-18(15-7-8-15)20(12-29)28-25(34)35-26(2,3)4/h9,11,14-15,18,20H,5-8,10,12H2,1-4H3,(H,28,34)(H,32,33)/t18-,20-/m0/s1. The van der Waals surface area contributed by atoms with E-state index in [0.29, 0.717) is 35.8 Å². The second kappa shape index (κ2) is 8.24. The van der Waals surface area contributed by atoms with Crippen LogP contribution in [0, 0.1) is 24.6 Å². The first-order chi connectivity index (χ1) is 16.4. The lowest BCUT2D eigenvalue weighted by Crippen LogP contribution is -2.43. The number of aromatic nitrogens is 1. The fraction of sp³-hybridized carbons (Fsp3) is 0.577. The SMILES string of the molecule is Cc1c(N2C[C@H](NC(=O)OC(C)(C)C)[C@H](C3CC3)C2)c(F)cn2c(=O)c(C(=O)O)cc(C3CC3)c12. The number of pyridine rings is 2. The van der Waals surface area contributed by atoms with Gasteiger partial charge >= 0.3 is 12.1 Å². The second-order valence-electron chi connectivity index (χ2n) is 11.2. The first-order valence-electron chi connectivity index (χ1n) is 12.3. The lowest BCUT2D eigenvalue weighted by atomic mass is 9.98. The molecule has 2 N–H and O–H groups in total. The summed E-state index contributed by atoms with van der Waals surface area (Å²) in [5.41, 5.74) is 0.717. The number of fused-ring (bicyclic) bond motifs is 1. The third-order valence-electron chi connectivity index (χ3n) is 7.30. The number of carbonyl (C=O) groups excluding carboxylic acids is 1. The Balaban J connectivity index is 1.54. The van der Waals surface area contributed by atoms with Crippen LogP contribution in [-0.4, -0.2) is 46.3 Å². The minimum absolute atomic E-state index is 0.167. The molecular formula is C26H32FN3O5. The first-order valence-corrected chi connectivity index (χ1v) is 12.3. The van der Waals surface area contributed by atoms with E-state index in [1.165, 1.54) is 6.07 Å². The summed E-state index contributed by atoms with van der Waals surface area (Å²) >= 11 is 0. The molecule has 1 amide bonds. The number of ether oxygens (including phenoxy) is 1. The van der Waals surface area contributed by atoms with E-state index in [4.69, 9.17) is 4.74 Å². The van der Waals surface area contributed by atoms with Crippen LogP contribution >= 0.6 is 0 Å². The zero-order chi connectivity index (χ0) is 25.2. The second-order valence-corrected chi connectivity index (χ2v) is 11.2. The number of carbonyl (C=O) groups is 2. The number of alkyl carbamates (subject to hydrolysis) is 1. The molecule has 2 aromatic heterocycles. The summed E-state index contributed by atoms with van der Waals surface area (Å²) in [4.78, 5) is 39.0. The van der Waals surface area contributed by atoms with Gasteiger partial charge in [0.1, 0.15) is 11.2 Å². The van der Waals surface area contributed by atoms with Gasteiger partial charge in [-0.25, -0.2) is 14.0 Å². The number of halogens is 1. The molecule has 2 aromatic rings. The molecule has 8 nitrogen and oxygen atoms in total. The third-order valence-corrected chi connectivity index (χ3v) is 7.30. The van der Waals surface area contributed by atoms with Gasteiger partial charge in [-0.3, -0.25) is 9.20 Å². The van der Waals surface area contributed by atoms with E-state index in [2.05, 4.69) is 5.32 Å². The molecule has 0 unspecified atom stereocenters. The average molecular weight is 486 g/mol. The number of aromatic carboxylic acids is 1. The molecule has 3 aliphatic rings. The normalized spacial score (nSPS) is 22.5. The number of nitrogens with zero attached hydrogens (tertiary/aromatic N) is 2. The largest absolute Gasteiger partial charge is 0.477 e. The molecule has 9 heteroatoms. The van der Waals surface area contributed by atoms with Gasteiger partial charge in [-0.2, -0.15) is 0 Å². The number of nitrogens with one attached hydrogen (secondary N) is 1. The molecule has 5 rings (SSSR count). The molecule has 0 bridgehead atoms. The van der Waals surface area contributed by atoms with Crippen LogP contribution in [0.3, 0.4) is 0 Å². The average Bonchev–Trinajstić information content (AvgIpc) is 3.66. The lowest BCUT2D eigenvalue weighted by molar-refractivity contribution is 0.0494. The van der Waals surface area contributed by atoms with Gasteiger partial charge < -0.3 is 20.1 Å². The number of aryl methyl sites for hydroxylation is 1. The van der Waals surface area contributed by atoms with Crippen LogP contribution in [0.4, 0.5) is 14.9 Å². The summed E-state index contributed by atoms with van der Waals surface area (Å²) in [7, 11) is 0. The first kappa shape index (κ1) is 23.6. The Morgan fingerprint density at radius 3 is 2.43 bits per heavy atom. The zero-order valence-electron chi connectivity index (χ0n) is 20.6. The maximum absolute atomic E-state index is 15.6. The molecular weight excluding hydrogens is 453 g/mol. The highest BCUT2D eigenvalue weighted by Gasteiger charge is 2.44. The fourth-order valence-corrected chi connectivity index (χ4v) is 5.51. The van der Waals surface area contributed by atoms with Gasteiger partial charge in [0.2, 0.25) is 0 Å². The zero-order valence-corrected chi connectivity index (χ0v) is 20.6. The fourth-order valence-electron chi connectivity index (χ4n) is 5.51. The number of carboxylic acids is 1. The van der Waals surface area contributed by atoms with Crippen LogP contribution in [-0.2, 0) is 4.74 Å². The predicted molar refractivity (Wildman–Crippen MR) is 129 cm³/mol. The van der Waals surface area contributed by atoms with Gasteiger partial charge in [-0.15, -0.1) is 0 Å². The van der Waals surface area contributed by atoms with Gasteiger partial charge in [-0.1, -0.05) is 0 Å². The Kier molecular flexibility index (Phi) is 5.56. The van der Waals surface area contributed by atoms with E-state index in [1.54, 1.807) is 6.92 Å². The molecule has 188 valence electrons. The van der Waals surface area contributed by atoms with Gasteiger partial charge in [0.15, 0.2) is 5.82 Å². The van der Waals surface area contributed by atoms with Crippen molar-refractivity contribution in [1.29, 1.82) is 0 Å². The van der Waals surface area contributed by atoms with Crippen molar-refractivity contribution < 1.29 is 23.8 Å². The summed E-state index contributed by atoms with van der Waals surface area (Å²) in [5.74, 6) is -1.06. The topological polar surface area (TPSA) is 100 Å². The van der Waals surface area contributed by atoms with Crippen molar-refractivity contribution in [2.24, 2.45) is 11.8 Å². The Hall–Kier alpha value is -3.10. The van der Waals surface area contributed by atoms with E-state index in [0.717, 1.165) is 41.8 Å². The van der Waals surface area contributed by atoms with Crippen LogP contribution in [0.2, 0.25) is 0 Å². The molecule has 0 radical (unpaired) electrons. The minimum Gasteiger partial charge on any atom is -0.477 e. The molecule has 2 aliphatic carbocycles. The molecule has 0 aromatic carbocycles. The van der Waals surface area contributed by atoms with Gasteiger partial charge in [0.05, 0.1) is 23.4 Å². The molecule has 1 saturated heterocycles. The Morgan fingerprint density at radius 2 is 1.86 bits per heavy atom. The van der Waals surface area contributed by atoms with E-state index in [-0.39, 0.29) is 23.4 Å². The Labute approximate surface area is 203 Å². The van der Waals surface area contributed by atoms with Crippen molar-refractivity contribution in [3.8, 4) is 0 Å². The number of hydrogen-bond acceptors (Lipinski definition) is 5. The van der Waals surface area contributed by atoms with Crippen LogP contribution in [0.5, 0.6) is 0 Å². The summed E-state index contributed by atoms with van der Waals surface area (Å²) in [6.45, 7) is 8.26. The van der Waals surface area contributed by atoms with Crippen LogP contribution in [0.15, 0.2) is 17.1 Å². The van der Waals surface area contributed by atoms with Gasteiger partial charge in [0, 0.05) is 19.0 Å². The van der Waals surface area contributed by atoms with E-state index in [1.807, 2.05) is 25.7 Å². The summed E-state index contributed by atoms with van der Waals surface area (Å²) in [5, 5.41) is 12.5. The number of carboxylic acid groups (broad SMARTS) is 1. The maximum Gasteiger partial charge on any atom is 0.407 e. The van der Waals surface area contributed by atoms with Crippen molar-refractivity contribution >= 4 is 23.3 Å². The molecule has 3 heterocycles. The van der Waals surface area contributed by atoms with Crippen molar-refractivity contribution in [3.63, 3.8) is 0 Å².